The molecule has 3 saturated heterocycles. The van der Waals surface area contributed by atoms with Crippen LogP contribution in [0, 0.1) is 5.92 Å². The highest BCUT2D eigenvalue weighted by molar-refractivity contribution is 5.73. The van der Waals surface area contributed by atoms with Crippen molar-refractivity contribution in [3.8, 4) is 0 Å². The van der Waals surface area contributed by atoms with Crippen LogP contribution in [0.1, 0.15) is 31.1 Å². The van der Waals surface area contributed by atoms with Crippen LogP contribution in [-0.2, 0) is 25.4 Å². The Morgan fingerprint density at radius 3 is 2.28 bits per heavy atom. The predicted octanol–water partition coefficient (Wildman–Crippen LogP) is -0.436. The maximum Gasteiger partial charge on any atom is 0.490 e. The number of alkyl halides is 3. The summed E-state index contributed by atoms with van der Waals surface area (Å²) in [6.07, 6.45) is -8.25. The number of aliphatic hydroxyl groups excluding tert-OH is 3. The Hall–Kier alpha value is -3.16. The minimum absolute atomic E-state index is 0.0214. The van der Waals surface area contributed by atoms with E-state index in [4.69, 9.17) is 29.8 Å². The third-order valence-corrected chi connectivity index (χ3v) is 8.27. The van der Waals surface area contributed by atoms with Gasteiger partial charge < -0.3 is 45.3 Å². The van der Waals surface area contributed by atoms with Gasteiger partial charge in [-0.1, -0.05) is 30.3 Å². The highest BCUT2D eigenvalue weighted by Gasteiger charge is 2.47. The van der Waals surface area contributed by atoms with Crippen molar-refractivity contribution in [3.63, 3.8) is 0 Å². The topological polar surface area (TPSA) is 210 Å². The van der Waals surface area contributed by atoms with Gasteiger partial charge in [-0.05, 0) is 43.8 Å². The van der Waals surface area contributed by atoms with Crippen LogP contribution >= 0.6 is 0 Å². The predicted molar refractivity (Wildman–Crippen MR) is 153 cm³/mol. The third kappa shape index (κ3) is 9.22. The number of H-pyrrole nitrogens is 1. The van der Waals surface area contributed by atoms with Gasteiger partial charge in [0, 0.05) is 31.8 Å². The molecule has 17 heteroatoms. The van der Waals surface area contributed by atoms with E-state index < -0.39 is 72.5 Å². The van der Waals surface area contributed by atoms with Crippen LogP contribution in [0.25, 0.3) is 0 Å². The number of halogens is 3. The van der Waals surface area contributed by atoms with Crippen molar-refractivity contribution in [1.82, 2.24) is 14.5 Å². The van der Waals surface area contributed by atoms with Gasteiger partial charge in [0.05, 0.1) is 12.2 Å². The number of carboxylic acid groups (broad SMARTS) is 1. The van der Waals surface area contributed by atoms with Crippen molar-refractivity contribution in [3.05, 3.63) is 69.0 Å². The molecule has 8 atom stereocenters. The molecule has 4 heterocycles. The van der Waals surface area contributed by atoms with Crippen molar-refractivity contribution in [1.29, 1.82) is 0 Å². The third-order valence-electron chi connectivity index (χ3n) is 8.27. The zero-order valence-electron chi connectivity index (χ0n) is 24.7. The Balaban J connectivity index is 0.000000617. The molecule has 0 unspecified atom stereocenters. The van der Waals surface area contributed by atoms with Crippen molar-refractivity contribution < 1.29 is 52.6 Å². The molecule has 3 fully saturated rings. The summed E-state index contributed by atoms with van der Waals surface area (Å²) in [7, 11) is 0. The quantitative estimate of drug-likeness (QED) is 0.202. The lowest BCUT2D eigenvalue weighted by Crippen LogP contribution is -2.47. The van der Waals surface area contributed by atoms with E-state index in [2.05, 4.69) is 34.1 Å². The second kappa shape index (κ2) is 15.6. The lowest BCUT2D eigenvalue weighted by molar-refractivity contribution is -0.218. The van der Waals surface area contributed by atoms with Crippen molar-refractivity contribution >= 4 is 5.97 Å². The van der Waals surface area contributed by atoms with Crippen LogP contribution in [-0.4, -0.2) is 116 Å². The minimum Gasteiger partial charge on any atom is -0.475 e. The first-order valence-corrected chi connectivity index (χ1v) is 14.8. The Bertz CT molecular complexity index is 1390. The van der Waals surface area contributed by atoms with Gasteiger partial charge in [0.1, 0.15) is 24.4 Å². The van der Waals surface area contributed by atoms with Gasteiger partial charge in [-0.3, -0.25) is 14.3 Å². The highest BCUT2D eigenvalue weighted by Crippen LogP contribution is 2.33. The molecule has 0 saturated carbocycles. The molecule has 3 aliphatic rings. The van der Waals surface area contributed by atoms with E-state index in [0.717, 1.165) is 36.9 Å². The number of aliphatic hydroxyl groups is 3. The normalized spacial score (nSPS) is 29.7. The number of aromatic amines is 1. The summed E-state index contributed by atoms with van der Waals surface area (Å²) in [5.74, 6) is -2.18. The van der Waals surface area contributed by atoms with Crippen LogP contribution in [0.15, 0.2) is 52.2 Å². The number of carbonyl (C=O) groups is 1. The number of piperidine rings is 1. The van der Waals surface area contributed by atoms with Crippen molar-refractivity contribution in [2.24, 2.45) is 11.7 Å². The average molecular weight is 661 g/mol. The zero-order chi connectivity index (χ0) is 33.6. The fourth-order valence-corrected chi connectivity index (χ4v) is 5.82. The lowest BCUT2D eigenvalue weighted by Gasteiger charge is -2.36. The maximum absolute atomic E-state index is 12.3. The van der Waals surface area contributed by atoms with E-state index in [1.807, 2.05) is 6.07 Å². The van der Waals surface area contributed by atoms with E-state index >= 15 is 0 Å². The number of benzene rings is 1. The average Bonchev–Trinajstić information content (AvgIpc) is 3.52. The van der Waals surface area contributed by atoms with Gasteiger partial charge in [-0.2, -0.15) is 13.2 Å². The summed E-state index contributed by atoms with van der Waals surface area (Å²) in [4.78, 5) is 37.2. The molecule has 1 aromatic carbocycles. The van der Waals surface area contributed by atoms with Crippen LogP contribution in [0.5, 0.6) is 0 Å². The molecular weight excluding hydrogens is 621 g/mol. The monoisotopic (exact) mass is 660 g/mol. The molecule has 2 aromatic rings. The Kier molecular flexibility index (Phi) is 12.1. The molecule has 0 spiro atoms. The molecule has 0 amide bonds. The minimum atomic E-state index is -5.08. The van der Waals surface area contributed by atoms with Crippen LogP contribution < -0.4 is 17.0 Å². The molecule has 0 radical (unpaired) electrons. The van der Waals surface area contributed by atoms with Gasteiger partial charge in [0.25, 0.3) is 5.56 Å². The summed E-state index contributed by atoms with van der Waals surface area (Å²) in [6.45, 7) is 2.15. The molecule has 46 heavy (non-hydrogen) atoms. The number of carboxylic acids is 1. The SMILES string of the molecule is NC[C@H]1O[C@@H](O[C@@H](CN2CCC(Cc3ccccc3)CC2)[C@@H]2C[C@@H](O)[C@H](n3ccc(=O)[nH]c3=O)O2)[C@H](O)[C@@H]1O.O=C(O)C(F)(F)F. The number of hydrogen-bond acceptors (Lipinski definition) is 11. The molecule has 7 N–H and O–H groups in total. The van der Waals surface area contributed by atoms with E-state index in [1.54, 1.807) is 0 Å². The van der Waals surface area contributed by atoms with Crippen molar-refractivity contribution in [2.75, 3.05) is 26.2 Å². The number of aromatic nitrogens is 2. The highest BCUT2D eigenvalue weighted by atomic mass is 19.4. The van der Waals surface area contributed by atoms with Crippen LogP contribution in [0.4, 0.5) is 13.2 Å². The van der Waals surface area contributed by atoms with Crippen LogP contribution in [0.3, 0.4) is 0 Å². The standard InChI is InChI=1S/C27H38N4O8.C2HF3O2/c28-14-20-23(34)24(35)26(38-20)39-21(15-30-9-6-17(7-10-30)12-16-4-2-1-3-5-16)19-13-18(32)25(37-19)31-11-8-22(33)29-27(31)36;3-2(4,5)1(6)7/h1-5,8,11,17-21,23-26,32,34-35H,6-7,9-10,12-15,28H2,(H,29,33,36);(H,6,7)/t18-,19+,20-,21+,23-,24-,25-,26+;/m1./s1. The molecule has 0 bridgehead atoms. The zero-order valence-corrected chi connectivity index (χ0v) is 24.7. The number of rotatable bonds is 9. The fraction of sp³-hybridized carbons (Fsp3) is 0.621. The summed E-state index contributed by atoms with van der Waals surface area (Å²) >= 11 is 0. The van der Waals surface area contributed by atoms with Gasteiger partial charge in [-0.15, -0.1) is 0 Å². The number of nitrogens with two attached hydrogens (primary N) is 1. The lowest BCUT2D eigenvalue weighted by atomic mass is 9.90. The second-order valence-electron chi connectivity index (χ2n) is 11.6. The van der Waals surface area contributed by atoms with Gasteiger partial charge in [-0.25, -0.2) is 9.59 Å². The number of aliphatic carboxylic acids is 1. The molecule has 1 aromatic heterocycles. The number of nitrogens with zero attached hydrogens (tertiary/aromatic N) is 2. The van der Waals surface area contributed by atoms with E-state index in [-0.39, 0.29) is 13.0 Å². The second-order valence-corrected chi connectivity index (χ2v) is 11.6. The molecular formula is C29H39F3N4O10. The first kappa shape index (κ1) is 35.7. The Morgan fingerprint density at radius 1 is 1.07 bits per heavy atom. The molecule has 5 rings (SSSR count). The number of ether oxygens (including phenoxy) is 3. The summed E-state index contributed by atoms with van der Waals surface area (Å²) < 4.78 is 50.9. The first-order chi connectivity index (χ1) is 21.8. The molecule has 14 nitrogen and oxygen atoms in total. The summed E-state index contributed by atoms with van der Waals surface area (Å²) in [6, 6.07) is 11.6. The Labute approximate surface area is 261 Å². The van der Waals surface area contributed by atoms with Crippen LogP contribution in [0.2, 0.25) is 0 Å². The largest absolute Gasteiger partial charge is 0.490 e. The molecule has 0 aliphatic carbocycles. The molecule has 256 valence electrons. The van der Waals surface area contributed by atoms with Crippen molar-refractivity contribution in [2.45, 2.75) is 81.0 Å². The Morgan fingerprint density at radius 2 is 1.72 bits per heavy atom. The maximum atomic E-state index is 12.3. The summed E-state index contributed by atoms with van der Waals surface area (Å²) in [5.41, 5.74) is 5.77. The first-order valence-electron chi connectivity index (χ1n) is 14.8. The van der Waals surface area contributed by atoms with E-state index in [9.17, 15) is 38.1 Å². The fourth-order valence-electron chi connectivity index (χ4n) is 5.82. The van der Waals surface area contributed by atoms with E-state index in [1.165, 1.54) is 17.8 Å². The number of nitrogens with one attached hydrogen (secondary N) is 1. The van der Waals surface area contributed by atoms with Gasteiger partial charge >= 0.3 is 17.8 Å². The summed E-state index contributed by atoms with van der Waals surface area (Å²) in [5, 5.41) is 38.7. The van der Waals surface area contributed by atoms with Gasteiger partial charge in [0.2, 0.25) is 0 Å². The smallest absolute Gasteiger partial charge is 0.475 e. The number of hydrogen-bond donors (Lipinski definition) is 6. The van der Waals surface area contributed by atoms with E-state index in [0.29, 0.717) is 12.5 Å². The van der Waals surface area contributed by atoms with Gasteiger partial charge in [0.15, 0.2) is 12.5 Å². The number of likely N-dealkylation sites (tertiary alicyclic amines) is 1. The molecule has 3 aliphatic heterocycles.